The second-order valence-corrected chi connectivity index (χ2v) is 6.52. The van der Waals surface area contributed by atoms with Gasteiger partial charge in [0.25, 0.3) is 5.89 Å². The molecule has 1 aromatic heterocycles. The maximum Gasteiger partial charge on any atom is 0.258 e. The second kappa shape index (κ2) is 5.47. The fraction of sp³-hybridized carbons (Fsp3) is 0.235. The number of rotatable bonds is 2. The Morgan fingerprint density at radius 3 is 3.00 bits per heavy atom. The average Bonchev–Trinajstić information content (AvgIpc) is 3.24. The Morgan fingerprint density at radius 1 is 1.27 bits per heavy atom. The molecule has 0 N–H and O–H groups in total. The van der Waals surface area contributed by atoms with E-state index in [1.54, 1.807) is 0 Å². The number of thioether (sulfide) groups is 1. The number of hydrogen-bond donors (Lipinski definition) is 0. The van der Waals surface area contributed by atoms with Gasteiger partial charge in [-0.3, -0.25) is 0 Å². The Hall–Kier alpha value is -2.32. The van der Waals surface area contributed by atoms with Crippen LogP contribution in [0.25, 0.3) is 22.2 Å². The van der Waals surface area contributed by atoms with Crippen LogP contribution in [0.2, 0.25) is 0 Å². The predicted molar refractivity (Wildman–Crippen MR) is 86.6 cm³/mol. The molecule has 0 bridgehead atoms. The molecule has 0 saturated carbocycles. The minimum Gasteiger partial charge on any atom is -0.334 e. The number of nitriles is 1. The smallest absolute Gasteiger partial charge is 0.258 e. The summed E-state index contributed by atoms with van der Waals surface area (Å²) in [6, 6.07) is 13.8. The van der Waals surface area contributed by atoms with Crippen LogP contribution in [0.1, 0.15) is 23.7 Å². The summed E-state index contributed by atoms with van der Waals surface area (Å²) in [5.41, 5.74) is 1.43. The van der Waals surface area contributed by atoms with Gasteiger partial charge in [0.05, 0.1) is 11.6 Å². The van der Waals surface area contributed by atoms with Crippen molar-refractivity contribution < 1.29 is 4.52 Å². The summed E-state index contributed by atoms with van der Waals surface area (Å²) in [6.45, 7) is 0. The molecule has 2 heterocycles. The first-order valence-electron chi connectivity index (χ1n) is 7.20. The van der Waals surface area contributed by atoms with Crippen molar-refractivity contribution in [2.75, 3.05) is 11.5 Å². The van der Waals surface area contributed by atoms with Gasteiger partial charge >= 0.3 is 0 Å². The van der Waals surface area contributed by atoms with E-state index in [1.807, 2.05) is 48.2 Å². The SMILES string of the molecule is N#Cc1cc(-c2nc(C3CCSC3)no2)c2ccccc2c1. The normalized spacial score (nSPS) is 17.7. The van der Waals surface area contributed by atoms with E-state index < -0.39 is 0 Å². The first kappa shape index (κ1) is 13.4. The van der Waals surface area contributed by atoms with Gasteiger partial charge in [-0.25, -0.2) is 0 Å². The largest absolute Gasteiger partial charge is 0.334 e. The molecule has 1 saturated heterocycles. The van der Waals surface area contributed by atoms with Gasteiger partial charge < -0.3 is 4.52 Å². The highest BCUT2D eigenvalue weighted by molar-refractivity contribution is 7.99. The van der Waals surface area contributed by atoms with E-state index in [-0.39, 0.29) is 0 Å². The topological polar surface area (TPSA) is 62.7 Å². The van der Waals surface area contributed by atoms with Crippen LogP contribution >= 0.6 is 11.8 Å². The van der Waals surface area contributed by atoms with E-state index >= 15 is 0 Å². The number of nitrogens with zero attached hydrogens (tertiary/aromatic N) is 3. The zero-order valence-electron chi connectivity index (χ0n) is 11.8. The zero-order valence-corrected chi connectivity index (χ0v) is 12.6. The molecule has 0 amide bonds. The van der Waals surface area contributed by atoms with Gasteiger partial charge in [-0.15, -0.1) is 0 Å². The summed E-state index contributed by atoms with van der Waals surface area (Å²) < 4.78 is 5.49. The van der Waals surface area contributed by atoms with Gasteiger partial charge in [-0.2, -0.15) is 22.0 Å². The highest BCUT2D eigenvalue weighted by Crippen LogP contribution is 2.33. The summed E-state index contributed by atoms with van der Waals surface area (Å²) in [7, 11) is 0. The lowest BCUT2D eigenvalue weighted by molar-refractivity contribution is 0.418. The van der Waals surface area contributed by atoms with Gasteiger partial charge in [0.2, 0.25) is 0 Å². The van der Waals surface area contributed by atoms with Crippen molar-refractivity contribution in [2.45, 2.75) is 12.3 Å². The molecule has 108 valence electrons. The third-order valence-electron chi connectivity index (χ3n) is 3.96. The lowest BCUT2D eigenvalue weighted by Gasteiger charge is -2.03. The molecule has 4 nitrogen and oxygen atoms in total. The van der Waals surface area contributed by atoms with E-state index in [0.29, 0.717) is 17.4 Å². The fourth-order valence-electron chi connectivity index (χ4n) is 2.80. The van der Waals surface area contributed by atoms with Crippen molar-refractivity contribution in [1.82, 2.24) is 10.1 Å². The molecule has 1 unspecified atom stereocenters. The molecule has 4 rings (SSSR count). The van der Waals surface area contributed by atoms with E-state index in [4.69, 9.17) is 4.52 Å². The van der Waals surface area contributed by atoms with Crippen molar-refractivity contribution in [1.29, 1.82) is 5.26 Å². The van der Waals surface area contributed by atoms with Gasteiger partial charge in [0.15, 0.2) is 5.82 Å². The van der Waals surface area contributed by atoms with E-state index in [1.165, 1.54) is 0 Å². The third-order valence-corrected chi connectivity index (χ3v) is 5.12. The summed E-state index contributed by atoms with van der Waals surface area (Å²) in [4.78, 5) is 4.59. The fourth-order valence-corrected chi connectivity index (χ4v) is 4.02. The quantitative estimate of drug-likeness (QED) is 0.716. The minimum absolute atomic E-state index is 0.382. The van der Waals surface area contributed by atoms with Crippen LogP contribution in [-0.4, -0.2) is 21.6 Å². The summed E-state index contributed by atoms with van der Waals surface area (Å²) in [6.07, 6.45) is 1.10. The van der Waals surface area contributed by atoms with Gasteiger partial charge in [-0.1, -0.05) is 29.4 Å². The van der Waals surface area contributed by atoms with Crippen molar-refractivity contribution in [3.8, 4) is 17.5 Å². The van der Waals surface area contributed by atoms with E-state index in [2.05, 4.69) is 16.2 Å². The van der Waals surface area contributed by atoms with E-state index in [0.717, 1.165) is 40.1 Å². The average molecular weight is 307 g/mol. The second-order valence-electron chi connectivity index (χ2n) is 5.37. The molecule has 3 aromatic rings. The maximum atomic E-state index is 9.23. The number of hydrogen-bond acceptors (Lipinski definition) is 5. The molecule has 5 heteroatoms. The van der Waals surface area contributed by atoms with Crippen LogP contribution in [0.15, 0.2) is 40.9 Å². The third kappa shape index (κ3) is 2.26. The predicted octanol–water partition coefficient (Wildman–Crippen LogP) is 3.98. The lowest BCUT2D eigenvalue weighted by atomic mass is 10.0. The van der Waals surface area contributed by atoms with Crippen LogP contribution in [-0.2, 0) is 0 Å². The molecule has 22 heavy (non-hydrogen) atoms. The summed E-state index contributed by atoms with van der Waals surface area (Å²) in [5, 5.41) is 15.4. The first-order chi connectivity index (χ1) is 10.8. The van der Waals surface area contributed by atoms with Crippen LogP contribution in [0.3, 0.4) is 0 Å². The maximum absolute atomic E-state index is 9.23. The van der Waals surface area contributed by atoms with Crippen molar-refractivity contribution >= 4 is 22.5 Å². The van der Waals surface area contributed by atoms with Crippen molar-refractivity contribution in [3.63, 3.8) is 0 Å². The molecule has 2 aromatic carbocycles. The first-order valence-corrected chi connectivity index (χ1v) is 8.35. The Morgan fingerprint density at radius 2 is 2.18 bits per heavy atom. The minimum atomic E-state index is 0.382. The van der Waals surface area contributed by atoms with E-state index in [9.17, 15) is 5.26 Å². The number of fused-ring (bicyclic) bond motifs is 1. The standard InChI is InChI=1S/C17H13N3OS/c18-9-11-7-12-3-1-2-4-14(12)15(8-11)17-19-16(20-21-17)13-5-6-22-10-13/h1-4,7-8,13H,5-6,10H2. The Bertz CT molecular complexity index is 875. The summed E-state index contributed by atoms with van der Waals surface area (Å²) >= 11 is 1.93. The van der Waals surface area contributed by atoms with Gasteiger partial charge in [0, 0.05) is 17.2 Å². The number of aromatic nitrogens is 2. The highest BCUT2D eigenvalue weighted by Gasteiger charge is 2.23. The van der Waals surface area contributed by atoms with Gasteiger partial charge in [0.1, 0.15) is 0 Å². The highest BCUT2D eigenvalue weighted by atomic mass is 32.2. The summed E-state index contributed by atoms with van der Waals surface area (Å²) in [5.74, 6) is 3.87. The Labute approximate surface area is 132 Å². The van der Waals surface area contributed by atoms with Crippen LogP contribution in [0, 0.1) is 11.3 Å². The molecule has 0 aliphatic carbocycles. The molecule has 1 atom stereocenters. The van der Waals surface area contributed by atoms with Crippen LogP contribution in [0.4, 0.5) is 0 Å². The Balaban J connectivity index is 1.85. The van der Waals surface area contributed by atoms with Crippen LogP contribution in [0.5, 0.6) is 0 Å². The molecule has 1 aliphatic rings. The molecule has 0 radical (unpaired) electrons. The monoisotopic (exact) mass is 307 g/mol. The van der Waals surface area contributed by atoms with Crippen molar-refractivity contribution in [3.05, 3.63) is 47.8 Å². The lowest BCUT2D eigenvalue weighted by Crippen LogP contribution is -1.98. The molecule has 1 fully saturated rings. The molecule has 1 aliphatic heterocycles. The Kier molecular flexibility index (Phi) is 3.32. The number of benzene rings is 2. The zero-order chi connectivity index (χ0) is 14.9. The molecule has 0 spiro atoms. The molecular weight excluding hydrogens is 294 g/mol. The van der Waals surface area contributed by atoms with Gasteiger partial charge in [-0.05, 0) is 35.1 Å². The van der Waals surface area contributed by atoms with Crippen molar-refractivity contribution in [2.24, 2.45) is 0 Å². The molecular formula is C17H13N3OS. The van der Waals surface area contributed by atoms with Crippen LogP contribution < -0.4 is 0 Å².